The second kappa shape index (κ2) is 41.3. The summed E-state index contributed by atoms with van der Waals surface area (Å²) in [6, 6.07) is -1.03. The van der Waals surface area contributed by atoms with Crippen molar-refractivity contribution in [1.82, 2.24) is 5.32 Å². The van der Waals surface area contributed by atoms with Crippen LogP contribution in [0.4, 0.5) is 0 Å². The molecule has 0 spiro atoms. The van der Waals surface area contributed by atoms with Gasteiger partial charge >= 0.3 is 5.97 Å². The summed E-state index contributed by atoms with van der Waals surface area (Å²) in [5, 5.41) is 56.4. The number of carbonyl (C=O) groups excluding carboxylic acids is 2. The van der Waals surface area contributed by atoms with Crippen LogP contribution in [0, 0.1) is 0 Å². The highest BCUT2D eigenvalue weighted by Gasteiger charge is 2.47. The fourth-order valence-electron chi connectivity index (χ4n) is 7.88. The van der Waals surface area contributed by atoms with E-state index in [9.17, 15) is 35.1 Å². The van der Waals surface area contributed by atoms with Crippen LogP contribution in [0.2, 0.25) is 0 Å². The zero-order valence-corrected chi connectivity index (χ0v) is 40.2. The maximum Gasteiger partial charge on any atom is 0.306 e. The zero-order chi connectivity index (χ0) is 46.2. The first kappa shape index (κ1) is 58.9. The molecule has 1 aliphatic rings. The molecule has 1 fully saturated rings. The first-order valence-electron chi connectivity index (χ1n) is 25.8. The molecule has 6 N–H and O–H groups in total. The van der Waals surface area contributed by atoms with Crippen LogP contribution < -0.4 is 5.32 Å². The number of hydrogen-bond donors (Lipinski definition) is 6. The summed E-state index contributed by atoms with van der Waals surface area (Å²) in [6.45, 7) is 5.69. The van der Waals surface area contributed by atoms with Crippen LogP contribution in [0.1, 0.15) is 220 Å². The first-order valence-corrected chi connectivity index (χ1v) is 25.8. The van der Waals surface area contributed by atoms with E-state index >= 15 is 0 Å². The Labute approximate surface area is 383 Å². The Hall–Kier alpha value is -2.12. The second-order valence-electron chi connectivity index (χ2n) is 17.9. The largest absolute Gasteiger partial charge is 0.454 e. The molecule has 1 heterocycles. The van der Waals surface area contributed by atoms with Gasteiger partial charge in [0.2, 0.25) is 5.91 Å². The van der Waals surface area contributed by atoms with Crippen molar-refractivity contribution in [3.05, 3.63) is 36.5 Å². The van der Waals surface area contributed by atoms with Gasteiger partial charge < -0.3 is 45.1 Å². The first-order chi connectivity index (χ1) is 30.7. The minimum absolute atomic E-state index is 0.0194. The zero-order valence-electron chi connectivity index (χ0n) is 40.2. The van der Waals surface area contributed by atoms with Gasteiger partial charge in [0.05, 0.1) is 25.4 Å². The van der Waals surface area contributed by atoms with Crippen LogP contribution in [-0.2, 0) is 23.8 Å². The molecule has 8 atom stereocenters. The monoisotopic (exact) mass is 894 g/mol. The highest BCUT2D eigenvalue weighted by Crippen LogP contribution is 2.26. The molecule has 1 aliphatic heterocycles. The van der Waals surface area contributed by atoms with E-state index in [1.807, 2.05) is 18.2 Å². The van der Waals surface area contributed by atoms with E-state index in [0.717, 1.165) is 51.4 Å². The van der Waals surface area contributed by atoms with Crippen LogP contribution in [0.15, 0.2) is 36.5 Å². The molecule has 0 aliphatic carbocycles. The van der Waals surface area contributed by atoms with Gasteiger partial charge in [-0.3, -0.25) is 9.59 Å². The summed E-state index contributed by atoms with van der Waals surface area (Å²) in [5.74, 6) is -1.27. The molecule has 0 radical (unpaired) electrons. The lowest BCUT2D eigenvalue weighted by atomic mass is 9.99. The van der Waals surface area contributed by atoms with Crippen LogP contribution >= 0.6 is 0 Å². The van der Waals surface area contributed by atoms with E-state index in [1.54, 1.807) is 6.08 Å². The summed E-state index contributed by atoms with van der Waals surface area (Å²) in [5.41, 5.74) is 0. The van der Waals surface area contributed by atoms with Gasteiger partial charge in [-0.1, -0.05) is 205 Å². The predicted octanol–water partition coefficient (Wildman–Crippen LogP) is 10.4. The Morgan fingerprint density at radius 3 is 1.62 bits per heavy atom. The smallest absolute Gasteiger partial charge is 0.306 e. The van der Waals surface area contributed by atoms with E-state index in [4.69, 9.17) is 14.2 Å². The molecule has 0 aromatic carbocycles. The summed E-state index contributed by atoms with van der Waals surface area (Å²) in [4.78, 5) is 26.2. The highest BCUT2D eigenvalue weighted by molar-refractivity contribution is 5.80. The van der Waals surface area contributed by atoms with E-state index in [1.165, 1.54) is 122 Å². The van der Waals surface area contributed by atoms with Crippen LogP contribution in [-0.4, -0.2) is 99.6 Å². The fraction of sp³-hybridized carbons (Fsp3) is 0.846. The SMILES string of the molecule is CCCCCCCC/C=C\C/C=C/CCC(=O)OC1C(OCC(NC(=O)C(O)CCCCCCCCCCCC)C(O)/C=C/CCCCCCCCCCC)OC(CO)C(O)C1O. The van der Waals surface area contributed by atoms with Gasteiger partial charge in [0, 0.05) is 6.42 Å². The lowest BCUT2D eigenvalue weighted by Crippen LogP contribution is -2.61. The van der Waals surface area contributed by atoms with Crippen LogP contribution in [0.25, 0.3) is 0 Å². The van der Waals surface area contributed by atoms with E-state index in [0.29, 0.717) is 12.8 Å². The summed E-state index contributed by atoms with van der Waals surface area (Å²) < 4.78 is 17.4. The third-order valence-electron chi connectivity index (χ3n) is 12.1. The average Bonchev–Trinajstić information content (AvgIpc) is 3.28. The number of aliphatic hydroxyl groups excluding tert-OH is 5. The average molecular weight is 894 g/mol. The maximum absolute atomic E-state index is 13.3. The van der Waals surface area contributed by atoms with Crippen LogP contribution in [0.5, 0.6) is 0 Å². The van der Waals surface area contributed by atoms with Crippen molar-refractivity contribution in [2.45, 2.75) is 269 Å². The fourth-order valence-corrected chi connectivity index (χ4v) is 7.88. The summed E-state index contributed by atoms with van der Waals surface area (Å²) in [6.07, 6.45) is 35.1. The molecule has 63 heavy (non-hydrogen) atoms. The Bertz CT molecular complexity index is 1160. The van der Waals surface area contributed by atoms with Crippen molar-refractivity contribution >= 4 is 11.9 Å². The van der Waals surface area contributed by atoms with Crippen molar-refractivity contribution < 1.29 is 49.3 Å². The Morgan fingerprint density at radius 2 is 1.10 bits per heavy atom. The molecular weight excluding hydrogens is 799 g/mol. The van der Waals surface area contributed by atoms with Gasteiger partial charge in [-0.25, -0.2) is 0 Å². The van der Waals surface area contributed by atoms with Crippen LogP contribution in [0.3, 0.4) is 0 Å². The van der Waals surface area contributed by atoms with Gasteiger partial charge in [0.25, 0.3) is 0 Å². The van der Waals surface area contributed by atoms with Crippen molar-refractivity contribution in [2.24, 2.45) is 0 Å². The molecule has 1 amide bonds. The van der Waals surface area contributed by atoms with Crippen molar-refractivity contribution in [3.8, 4) is 0 Å². The molecule has 0 aromatic rings. The molecule has 8 unspecified atom stereocenters. The summed E-state index contributed by atoms with van der Waals surface area (Å²) in [7, 11) is 0. The third kappa shape index (κ3) is 30.7. The number of nitrogens with one attached hydrogen (secondary N) is 1. The van der Waals surface area contributed by atoms with Gasteiger partial charge in [-0.05, 0) is 44.9 Å². The maximum atomic E-state index is 13.3. The van der Waals surface area contributed by atoms with Gasteiger partial charge in [-0.2, -0.15) is 0 Å². The van der Waals surface area contributed by atoms with E-state index in [2.05, 4.69) is 38.2 Å². The van der Waals surface area contributed by atoms with Gasteiger partial charge in [-0.15, -0.1) is 0 Å². The highest BCUT2D eigenvalue weighted by atomic mass is 16.7. The number of rotatable bonds is 42. The topological polar surface area (TPSA) is 175 Å². The number of esters is 1. The van der Waals surface area contributed by atoms with E-state index in [-0.39, 0.29) is 19.4 Å². The van der Waals surface area contributed by atoms with Gasteiger partial charge in [0.1, 0.15) is 24.4 Å². The lowest BCUT2D eigenvalue weighted by molar-refractivity contribution is -0.305. The molecule has 1 rings (SSSR count). The Kier molecular flexibility index (Phi) is 38.6. The molecular formula is C52H95NO10. The molecule has 1 saturated heterocycles. The Balaban J connectivity index is 2.82. The van der Waals surface area contributed by atoms with Gasteiger partial charge in [0.15, 0.2) is 12.4 Å². The molecule has 11 heteroatoms. The van der Waals surface area contributed by atoms with Crippen molar-refractivity contribution in [2.75, 3.05) is 13.2 Å². The number of amides is 1. The van der Waals surface area contributed by atoms with Crippen molar-refractivity contribution in [3.63, 3.8) is 0 Å². The molecule has 0 aromatic heterocycles. The molecule has 0 saturated carbocycles. The second-order valence-corrected chi connectivity index (χ2v) is 17.9. The minimum Gasteiger partial charge on any atom is -0.454 e. The number of aliphatic hydroxyl groups is 5. The lowest BCUT2D eigenvalue weighted by Gasteiger charge is -2.41. The number of hydrogen-bond acceptors (Lipinski definition) is 10. The number of allylic oxidation sites excluding steroid dienone is 5. The standard InChI is InChI=1S/C52H95NO10/c1-4-7-10-13-16-19-22-23-25-28-31-34-37-40-47(57)63-50-49(59)48(58)46(41-54)62-52(50)61-42-43(44(55)38-35-32-29-27-24-20-17-14-11-8-5-2)53-51(60)45(56)39-36-33-30-26-21-18-15-12-9-6-3/h23,25,31,34-35,38,43-46,48-50,52,54-56,58-59H,4-22,24,26-30,32-33,36-37,39-42H2,1-3H3,(H,53,60)/b25-23-,34-31+,38-35+. The number of carbonyl (C=O) groups is 2. The molecule has 0 bridgehead atoms. The third-order valence-corrected chi connectivity index (χ3v) is 12.1. The summed E-state index contributed by atoms with van der Waals surface area (Å²) >= 11 is 0. The predicted molar refractivity (Wildman–Crippen MR) is 255 cm³/mol. The van der Waals surface area contributed by atoms with Crippen molar-refractivity contribution in [1.29, 1.82) is 0 Å². The minimum atomic E-state index is -1.63. The molecule has 11 nitrogen and oxygen atoms in total. The number of unbranched alkanes of at least 4 members (excludes halogenated alkanes) is 24. The Morgan fingerprint density at radius 1 is 0.619 bits per heavy atom. The number of ether oxygens (including phenoxy) is 3. The molecule has 368 valence electrons. The normalized spacial score (nSPS) is 20.8. The van der Waals surface area contributed by atoms with E-state index < -0.39 is 67.4 Å². The quantitative estimate of drug-likeness (QED) is 0.0197.